The molecule has 1 unspecified atom stereocenters. The summed E-state index contributed by atoms with van der Waals surface area (Å²) in [5.41, 5.74) is 0. The van der Waals surface area contributed by atoms with E-state index >= 15 is 0 Å². The van der Waals surface area contributed by atoms with Crippen LogP contribution in [0.25, 0.3) is 0 Å². The quantitative estimate of drug-likeness (QED) is 0.553. The molecule has 1 heterocycles. The Morgan fingerprint density at radius 3 is 2.39 bits per heavy atom. The van der Waals surface area contributed by atoms with E-state index in [1.165, 1.54) is 30.7 Å². The molecule has 2 amide bonds. The van der Waals surface area contributed by atoms with Crippen LogP contribution in [0, 0.1) is 5.92 Å². The highest BCUT2D eigenvalue weighted by Gasteiger charge is 2.32. The highest BCUT2D eigenvalue weighted by Crippen LogP contribution is 2.31. The molecule has 2 rings (SSSR count). The van der Waals surface area contributed by atoms with Crippen LogP contribution in [-0.4, -0.2) is 64.4 Å². The Kier molecular flexibility index (Phi) is 9.12. The number of piperidine rings is 1. The second-order valence-electron chi connectivity index (χ2n) is 7.61. The molecular formula is C21H33N3O6S. The Balaban J connectivity index is 1.87. The molecule has 0 spiro atoms. The van der Waals surface area contributed by atoms with E-state index in [-0.39, 0.29) is 54.7 Å². The molecule has 0 bridgehead atoms. The third kappa shape index (κ3) is 6.57. The number of ether oxygens (including phenoxy) is 2. The first kappa shape index (κ1) is 24.9. The van der Waals surface area contributed by atoms with Crippen LogP contribution < -0.4 is 20.1 Å². The van der Waals surface area contributed by atoms with Crippen LogP contribution in [0.15, 0.2) is 23.1 Å². The van der Waals surface area contributed by atoms with Gasteiger partial charge in [-0.25, -0.2) is 8.42 Å². The van der Waals surface area contributed by atoms with Gasteiger partial charge in [0.1, 0.15) is 0 Å². The van der Waals surface area contributed by atoms with E-state index in [1.807, 2.05) is 13.8 Å². The summed E-state index contributed by atoms with van der Waals surface area (Å²) in [6.07, 6.45) is 1.93. The van der Waals surface area contributed by atoms with E-state index in [0.717, 1.165) is 6.42 Å². The Morgan fingerprint density at radius 2 is 1.81 bits per heavy atom. The van der Waals surface area contributed by atoms with Crippen molar-refractivity contribution in [1.29, 1.82) is 0 Å². The molecule has 1 aromatic rings. The molecule has 1 aliphatic heterocycles. The summed E-state index contributed by atoms with van der Waals surface area (Å²) in [4.78, 5) is 24.3. The average molecular weight is 456 g/mol. The lowest BCUT2D eigenvalue weighted by Gasteiger charge is -2.30. The van der Waals surface area contributed by atoms with Gasteiger partial charge in [-0.1, -0.05) is 6.92 Å². The summed E-state index contributed by atoms with van der Waals surface area (Å²) in [7, 11) is -0.761. The summed E-state index contributed by atoms with van der Waals surface area (Å²) < 4.78 is 37.7. The molecule has 1 saturated heterocycles. The van der Waals surface area contributed by atoms with Crippen molar-refractivity contribution in [3.8, 4) is 11.5 Å². The van der Waals surface area contributed by atoms with Gasteiger partial charge in [-0.05, 0) is 38.3 Å². The van der Waals surface area contributed by atoms with Crippen LogP contribution in [0.2, 0.25) is 0 Å². The lowest BCUT2D eigenvalue weighted by atomic mass is 9.97. The van der Waals surface area contributed by atoms with Gasteiger partial charge in [0.25, 0.3) is 0 Å². The molecule has 0 aliphatic carbocycles. The van der Waals surface area contributed by atoms with Gasteiger partial charge in [0.15, 0.2) is 11.5 Å². The molecule has 9 nitrogen and oxygen atoms in total. The molecule has 31 heavy (non-hydrogen) atoms. The first-order chi connectivity index (χ1) is 14.7. The standard InChI is InChI=1S/C21H33N3O6S/c1-5-15(2)23-20(25)8-11-22-21(26)16-9-12-24(13-10-16)31(27,28)17-6-7-18(29-3)19(14-17)30-4/h6-7,14-16H,5,8-13H2,1-4H3,(H,22,26)(H,23,25). The first-order valence-corrected chi connectivity index (χ1v) is 12.0. The number of nitrogens with zero attached hydrogens (tertiary/aromatic N) is 1. The summed E-state index contributed by atoms with van der Waals surface area (Å²) >= 11 is 0. The van der Waals surface area contributed by atoms with Crippen LogP contribution in [0.4, 0.5) is 0 Å². The van der Waals surface area contributed by atoms with Crippen molar-refractivity contribution in [2.45, 2.75) is 50.5 Å². The van der Waals surface area contributed by atoms with Gasteiger partial charge in [-0.3, -0.25) is 9.59 Å². The van der Waals surface area contributed by atoms with E-state index in [2.05, 4.69) is 10.6 Å². The predicted molar refractivity (Wildman–Crippen MR) is 117 cm³/mol. The first-order valence-electron chi connectivity index (χ1n) is 10.5. The average Bonchev–Trinajstić information content (AvgIpc) is 2.78. The van der Waals surface area contributed by atoms with Crippen molar-refractivity contribution in [1.82, 2.24) is 14.9 Å². The number of hydrogen-bond donors (Lipinski definition) is 2. The van der Waals surface area contributed by atoms with Gasteiger partial charge in [0, 0.05) is 44.1 Å². The third-order valence-electron chi connectivity index (χ3n) is 5.49. The zero-order chi connectivity index (χ0) is 23.0. The Labute approximate surface area is 184 Å². The van der Waals surface area contributed by atoms with Crippen LogP contribution >= 0.6 is 0 Å². The van der Waals surface area contributed by atoms with Crippen LogP contribution in [0.1, 0.15) is 39.5 Å². The molecule has 0 radical (unpaired) electrons. The van der Waals surface area contributed by atoms with Gasteiger partial charge >= 0.3 is 0 Å². The van der Waals surface area contributed by atoms with E-state index in [9.17, 15) is 18.0 Å². The molecule has 1 fully saturated rings. The van der Waals surface area contributed by atoms with Gasteiger partial charge in [-0.15, -0.1) is 0 Å². The number of methoxy groups -OCH3 is 2. The van der Waals surface area contributed by atoms with Crippen molar-refractivity contribution < 1.29 is 27.5 Å². The second-order valence-corrected chi connectivity index (χ2v) is 9.55. The van der Waals surface area contributed by atoms with E-state index < -0.39 is 10.0 Å². The normalized spacial score (nSPS) is 16.4. The zero-order valence-corrected chi connectivity index (χ0v) is 19.5. The minimum absolute atomic E-state index is 0.0921. The smallest absolute Gasteiger partial charge is 0.243 e. The van der Waals surface area contributed by atoms with E-state index in [0.29, 0.717) is 24.3 Å². The van der Waals surface area contributed by atoms with Crippen LogP contribution in [0.5, 0.6) is 11.5 Å². The van der Waals surface area contributed by atoms with Crippen molar-refractivity contribution >= 4 is 21.8 Å². The van der Waals surface area contributed by atoms with E-state index in [4.69, 9.17) is 9.47 Å². The number of hydrogen-bond acceptors (Lipinski definition) is 6. The monoisotopic (exact) mass is 455 g/mol. The van der Waals surface area contributed by atoms with Crippen molar-refractivity contribution in [3.05, 3.63) is 18.2 Å². The topological polar surface area (TPSA) is 114 Å². The molecule has 174 valence electrons. The minimum Gasteiger partial charge on any atom is -0.493 e. The maximum atomic E-state index is 13.0. The molecule has 0 aromatic heterocycles. The molecule has 10 heteroatoms. The maximum absolute atomic E-state index is 13.0. The predicted octanol–water partition coefficient (Wildman–Crippen LogP) is 1.53. The van der Waals surface area contributed by atoms with Gasteiger partial charge < -0.3 is 20.1 Å². The fourth-order valence-electron chi connectivity index (χ4n) is 3.38. The zero-order valence-electron chi connectivity index (χ0n) is 18.6. The molecule has 2 N–H and O–H groups in total. The van der Waals surface area contributed by atoms with Gasteiger partial charge in [0.2, 0.25) is 21.8 Å². The van der Waals surface area contributed by atoms with Crippen LogP contribution in [-0.2, 0) is 19.6 Å². The second kappa shape index (κ2) is 11.3. The highest BCUT2D eigenvalue weighted by molar-refractivity contribution is 7.89. The maximum Gasteiger partial charge on any atom is 0.243 e. The Hall–Kier alpha value is -2.33. The Morgan fingerprint density at radius 1 is 1.16 bits per heavy atom. The lowest BCUT2D eigenvalue weighted by molar-refractivity contribution is -0.126. The van der Waals surface area contributed by atoms with Crippen molar-refractivity contribution in [2.24, 2.45) is 5.92 Å². The third-order valence-corrected chi connectivity index (χ3v) is 7.38. The van der Waals surface area contributed by atoms with Gasteiger partial charge in [-0.2, -0.15) is 4.31 Å². The van der Waals surface area contributed by atoms with Gasteiger partial charge in [0.05, 0.1) is 19.1 Å². The number of sulfonamides is 1. The lowest BCUT2D eigenvalue weighted by Crippen LogP contribution is -2.43. The molecule has 0 saturated carbocycles. The number of nitrogens with one attached hydrogen (secondary N) is 2. The molecule has 1 aromatic carbocycles. The minimum atomic E-state index is -3.70. The largest absolute Gasteiger partial charge is 0.493 e. The fourth-order valence-corrected chi connectivity index (χ4v) is 4.86. The molecular weight excluding hydrogens is 422 g/mol. The summed E-state index contributed by atoms with van der Waals surface area (Å²) in [5.74, 6) is 0.296. The number of carbonyl (C=O) groups excluding carboxylic acids is 2. The number of rotatable bonds is 10. The highest BCUT2D eigenvalue weighted by atomic mass is 32.2. The summed E-state index contributed by atoms with van der Waals surface area (Å²) in [6.45, 7) is 4.70. The number of carbonyl (C=O) groups is 2. The SMILES string of the molecule is CCC(C)NC(=O)CCNC(=O)C1CCN(S(=O)(=O)c2ccc(OC)c(OC)c2)CC1. The summed E-state index contributed by atoms with van der Waals surface area (Å²) in [6, 6.07) is 4.60. The number of benzene rings is 1. The summed E-state index contributed by atoms with van der Waals surface area (Å²) in [5, 5.41) is 5.65. The fraction of sp³-hybridized carbons (Fsp3) is 0.619. The van der Waals surface area contributed by atoms with Crippen molar-refractivity contribution in [3.63, 3.8) is 0 Å². The number of amides is 2. The Bertz CT molecular complexity index is 866. The molecule has 1 atom stereocenters. The van der Waals surface area contributed by atoms with Crippen LogP contribution in [0.3, 0.4) is 0 Å². The molecule has 1 aliphatic rings. The van der Waals surface area contributed by atoms with E-state index in [1.54, 1.807) is 6.07 Å². The van der Waals surface area contributed by atoms with Crippen molar-refractivity contribution in [2.75, 3.05) is 33.9 Å².